The molecule has 0 aromatic heterocycles. The highest BCUT2D eigenvalue weighted by atomic mass is 16.6. The fourth-order valence-electron chi connectivity index (χ4n) is 1.45. The Morgan fingerprint density at radius 2 is 2.25 bits per heavy atom. The maximum absolute atomic E-state index is 11.5. The number of ether oxygens (including phenoxy) is 2. The molecule has 5 heteroatoms. The summed E-state index contributed by atoms with van der Waals surface area (Å²) in [5, 5.41) is 2.79. The van der Waals surface area contributed by atoms with E-state index >= 15 is 0 Å². The summed E-state index contributed by atoms with van der Waals surface area (Å²) in [6, 6.07) is 6.84. The number of fused-ring (bicyclic) bond motifs is 1. The molecule has 1 aliphatic heterocycles. The van der Waals surface area contributed by atoms with Crippen LogP contribution < -0.4 is 5.32 Å². The molecule has 0 aliphatic carbocycles. The molecular weight excluding hydrogens is 210 g/mol. The largest absolute Gasteiger partial charge is 0.462 e. The Labute approximate surface area is 92.4 Å². The summed E-state index contributed by atoms with van der Waals surface area (Å²) in [7, 11) is 0. The van der Waals surface area contributed by atoms with E-state index in [1.807, 2.05) is 0 Å². The van der Waals surface area contributed by atoms with E-state index in [2.05, 4.69) is 5.32 Å². The first-order valence-corrected chi connectivity index (χ1v) is 4.95. The van der Waals surface area contributed by atoms with Crippen molar-refractivity contribution >= 4 is 17.6 Å². The number of carbonyl (C=O) groups is 2. The molecule has 0 spiro atoms. The maximum Gasteiger partial charge on any atom is 0.369 e. The summed E-state index contributed by atoms with van der Waals surface area (Å²) in [6.07, 6.45) is -1.05. The first-order chi connectivity index (χ1) is 7.72. The molecule has 0 amide bonds. The Kier molecular flexibility index (Phi) is 2.76. The van der Waals surface area contributed by atoms with Gasteiger partial charge in [0.2, 0.25) is 0 Å². The number of anilines is 1. The van der Waals surface area contributed by atoms with Crippen molar-refractivity contribution in [2.45, 2.75) is 13.2 Å². The van der Waals surface area contributed by atoms with Crippen LogP contribution in [0, 0.1) is 0 Å². The van der Waals surface area contributed by atoms with Crippen molar-refractivity contribution in [3.05, 3.63) is 29.8 Å². The molecule has 1 atom stereocenters. The van der Waals surface area contributed by atoms with Crippen LogP contribution >= 0.6 is 0 Å². The molecule has 0 radical (unpaired) electrons. The van der Waals surface area contributed by atoms with Gasteiger partial charge in [0.15, 0.2) is 0 Å². The molecule has 0 bridgehead atoms. The van der Waals surface area contributed by atoms with Crippen LogP contribution in [0.2, 0.25) is 0 Å². The average Bonchev–Trinajstić information content (AvgIpc) is 2.29. The quantitative estimate of drug-likeness (QED) is 0.759. The first-order valence-electron chi connectivity index (χ1n) is 4.95. The van der Waals surface area contributed by atoms with Gasteiger partial charge < -0.3 is 14.8 Å². The summed E-state index contributed by atoms with van der Waals surface area (Å²) in [4.78, 5) is 22.9. The number of esters is 2. The molecule has 1 aromatic carbocycles. The smallest absolute Gasteiger partial charge is 0.369 e. The Balaban J connectivity index is 2.21. The fraction of sp³-hybridized carbons (Fsp3) is 0.273. The molecule has 1 heterocycles. The fourth-order valence-corrected chi connectivity index (χ4v) is 1.45. The van der Waals surface area contributed by atoms with Gasteiger partial charge in [-0.1, -0.05) is 12.1 Å². The molecule has 1 aliphatic rings. The molecule has 0 saturated carbocycles. The number of para-hydroxylation sites is 1. The van der Waals surface area contributed by atoms with E-state index in [1.165, 1.54) is 0 Å². The van der Waals surface area contributed by atoms with Crippen molar-refractivity contribution in [2.75, 3.05) is 11.9 Å². The van der Waals surface area contributed by atoms with Crippen molar-refractivity contribution in [1.29, 1.82) is 0 Å². The van der Waals surface area contributed by atoms with Gasteiger partial charge in [-0.05, 0) is 19.1 Å². The lowest BCUT2D eigenvalue weighted by atomic mass is 10.1. The molecule has 1 N–H and O–H groups in total. The average molecular weight is 221 g/mol. The van der Waals surface area contributed by atoms with E-state index in [-0.39, 0.29) is 6.61 Å². The Morgan fingerprint density at radius 3 is 3.00 bits per heavy atom. The lowest BCUT2D eigenvalue weighted by Gasteiger charge is -2.24. The number of nitrogens with one attached hydrogen (secondary N) is 1. The second-order valence-corrected chi connectivity index (χ2v) is 3.23. The van der Waals surface area contributed by atoms with Crippen molar-refractivity contribution in [3.63, 3.8) is 0 Å². The third kappa shape index (κ3) is 1.84. The minimum atomic E-state index is -1.05. The van der Waals surface area contributed by atoms with Crippen molar-refractivity contribution in [1.82, 2.24) is 0 Å². The number of hydrogen-bond donors (Lipinski definition) is 1. The summed E-state index contributed by atoms with van der Waals surface area (Å²) < 4.78 is 9.67. The molecule has 2 rings (SSSR count). The van der Waals surface area contributed by atoms with Crippen LogP contribution in [-0.2, 0) is 14.3 Å². The van der Waals surface area contributed by atoms with Gasteiger partial charge in [0.25, 0.3) is 6.23 Å². The van der Waals surface area contributed by atoms with Gasteiger partial charge in [-0.3, -0.25) is 0 Å². The molecule has 1 aromatic rings. The van der Waals surface area contributed by atoms with E-state index in [4.69, 9.17) is 9.47 Å². The van der Waals surface area contributed by atoms with Gasteiger partial charge in [-0.15, -0.1) is 0 Å². The van der Waals surface area contributed by atoms with E-state index in [9.17, 15) is 9.59 Å². The molecule has 5 nitrogen and oxygen atoms in total. The predicted molar refractivity (Wildman–Crippen MR) is 55.9 cm³/mol. The Hall–Kier alpha value is -2.04. The van der Waals surface area contributed by atoms with Crippen LogP contribution in [0.5, 0.6) is 0 Å². The zero-order valence-electron chi connectivity index (χ0n) is 8.73. The second kappa shape index (κ2) is 4.22. The van der Waals surface area contributed by atoms with E-state index in [1.54, 1.807) is 31.2 Å². The van der Waals surface area contributed by atoms with Crippen LogP contribution in [0.4, 0.5) is 5.69 Å². The van der Waals surface area contributed by atoms with Crippen LogP contribution in [0.15, 0.2) is 24.3 Å². The minimum Gasteiger partial charge on any atom is -0.462 e. The number of hydrogen-bond acceptors (Lipinski definition) is 5. The zero-order chi connectivity index (χ0) is 11.5. The summed E-state index contributed by atoms with van der Waals surface area (Å²) in [5.74, 6) is -1.11. The number of carbonyl (C=O) groups excluding carboxylic acids is 2. The van der Waals surface area contributed by atoms with Crippen molar-refractivity contribution in [2.24, 2.45) is 0 Å². The van der Waals surface area contributed by atoms with Gasteiger partial charge in [-0.25, -0.2) is 9.59 Å². The van der Waals surface area contributed by atoms with Gasteiger partial charge in [-0.2, -0.15) is 0 Å². The van der Waals surface area contributed by atoms with Crippen molar-refractivity contribution in [3.8, 4) is 0 Å². The SMILES string of the molecule is CCOC(=O)C1Nc2ccccc2C(=O)O1. The first kappa shape index (κ1) is 10.5. The van der Waals surface area contributed by atoms with Gasteiger partial charge in [0.1, 0.15) is 0 Å². The standard InChI is InChI=1S/C11H11NO4/c1-2-15-11(14)9-12-8-6-4-3-5-7(8)10(13)16-9/h3-6,9,12H,2H2,1H3. The molecule has 0 saturated heterocycles. The highest BCUT2D eigenvalue weighted by molar-refractivity contribution is 6.00. The van der Waals surface area contributed by atoms with E-state index in [0.717, 1.165) is 0 Å². The lowest BCUT2D eigenvalue weighted by molar-refractivity contribution is -0.152. The summed E-state index contributed by atoms with van der Waals surface area (Å²) in [6.45, 7) is 1.94. The van der Waals surface area contributed by atoms with Crippen LogP contribution in [-0.4, -0.2) is 24.8 Å². The number of rotatable bonds is 2. The van der Waals surface area contributed by atoms with E-state index < -0.39 is 18.2 Å². The van der Waals surface area contributed by atoms with Gasteiger partial charge >= 0.3 is 11.9 Å². The number of benzene rings is 1. The second-order valence-electron chi connectivity index (χ2n) is 3.23. The predicted octanol–water partition coefficient (Wildman–Crippen LogP) is 1.16. The van der Waals surface area contributed by atoms with Crippen LogP contribution in [0.1, 0.15) is 17.3 Å². The molecule has 16 heavy (non-hydrogen) atoms. The molecular formula is C11H11NO4. The Bertz CT molecular complexity index is 430. The third-order valence-electron chi connectivity index (χ3n) is 2.16. The lowest BCUT2D eigenvalue weighted by Crippen LogP contribution is -2.39. The monoisotopic (exact) mass is 221 g/mol. The maximum atomic E-state index is 11.5. The van der Waals surface area contributed by atoms with Crippen LogP contribution in [0.3, 0.4) is 0 Å². The van der Waals surface area contributed by atoms with Gasteiger partial charge in [0, 0.05) is 0 Å². The Morgan fingerprint density at radius 1 is 1.50 bits per heavy atom. The van der Waals surface area contributed by atoms with Crippen molar-refractivity contribution < 1.29 is 19.1 Å². The molecule has 84 valence electrons. The van der Waals surface area contributed by atoms with Gasteiger partial charge in [0.05, 0.1) is 17.9 Å². The summed E-state index contributed by atoms with van der Waals surface area (Å²) in [5.41, 5.74) is 1.000. The topological polar surface area (TPSA) is 64.6 Å². The minimum absolute atomic E-state index is 0.246. The highest BCUT2D eigenvalue weighted by Crippen LogP contribution is 2.22. The normalized spacial score (nSPS) is 18.1. The molecule has 0 fully saturated rings. The van der Waals surface area contributed by atoms with E-state index in [0.29, 0.717) is 11.3 Å². The highest BCUT2D eigenvalue weighted by Gasteiger charge is 2.31. The van der Waals surface area contributed by atoms with Crippen LogP contribution in [0.25, 0.3) is 0 Å². The molecule has 1 unspecified atom stereocenters. The third-order valence-corrected chi connectivity index (χ3v) is 2.16. The number of cyclic esters (lactones) is 1. The zero-order valence-corrected chi connectivity index (χ0v) is 8.73. The summed E-state index contributed by atoms with van der Waals surface area (Å²) >= 11 is 0.